The maximum Gasteiger partial charge on any atom is 0.472 e. The van der Waals surface area contributed by atoms with Gasteiger partial charge < -0.3 is 18.9 Å². The molecule has 2 atom stereocenters. The third kappa shape index (κ3) is 40.2. The van der Waals surface area contributed by atoms with Crippen LogP contribution in [-0.2, 0) is 32.7 Å². The number of esters is 2. The fourth-order valence-electron chi connectivity index (χ4n) is 6.07. The molecule has 1 unspecified atom stereocenters. The highest BCUT2D eigenvalue weighted by atomic mass is 31.2. The first-order valence-corrected chi connectivity index (χ1v) is 23.4. The van der Waals surface area contributed by atoms with E-state index in [0.29, 0.717) is 23.9 Å². The maximum atomic E-state index is 12.6. The van der Waals surface area contributed by atoms with Crippen molar-refractivity contribution in [1.29, 1.82) is 0 Å². The van der Waals surface area contributed by atoms with Crippen molar-refractivity contribution in [3.8, 4) is 0 Å². The standard InChI is InChI=1S/C43H84NO8P/c1-6-8-10-12-14-16-18-20-21-22-24-25-27-29-31-33-35-42(45)49-39-41(40-51-53(47,48)50-38-37-44(3,4)5)52-43(46)36-34-32-30-28-26-23-19-17-15-13-11-9-7-2/h23,26,41H,6-22,24-25,27-40H2,1-5H3/p+1/b26-23+/t41-/m1/s1. The minimum absolute atomic E-state index is 0.0320. The number of unbranched alkanes of at least 4 members (excludes halogenated alkanes) is 24. The molecule has 0 aliphatic carbocycles. The van der Waals surface area contributed by atoms with E-state index < -0.39 is 26.5 Å². The van der Waals surface area contributed by atoms with Crippen molar-refractivity contribution >= 4 is 19.8 Å². The Kier molecular flexibility index (Phi) is 35.5. The zero-order chi connectivity index (χ0) is 39.3. The number of phosphoric ester groups is 1. The minimum Gasteiger partial charge on any atom is -0.462 e. The van der Waals surface area contributed by atoms with Crippen LogP contribution >= 0.6 is 7.82 Å². The van der Waals surface area contributed by atoms with Gasteiger partial charge in [0, 0.05) is 12.8 Å². The molecular weight excluding hydrogens is 689 g/mol. The molecule has 0 radical (unpaired) electrons. The Labute approximate surface area is 326 Å². The molecule has 0 spiro atoms. The molecule has 0 saturated carbocycles. The molecule has 0 aromatic carbocycles. The Bertz CT molecular complexity index is 922. The average Bonchev–Trinajstić information content (AvgIpc) is 3.10. The van der Waals surface area contributed by atoms with Crippen LogP contribution in [0.5, 0.6) is 0 Å². The van der Waals surface area contributed by atoms with Gasteiger partial charge in [0.15, 0.2) is 6.10 Å². The number of hydrogen-bond acceptors (Lipinski definition) is 7. The number of hydrogen-bond donors (Lipinski definition) is 1. The molecule has 0 amide bonds. The van der Waals surface area contributed by atoms with Gasteiger partial charge in [0.1, 0.15) is 19.8 Å². The molecular formula is C43H85NO8P+. The van der Waals surface area contributed by atoms with Gasteiger partial charge in [-0.3, -0.25) is 18.6 Å². The molecule has 10 heteroatoms. The van der Waals surface area contributed by atoms with Crippen LogP contribution in [0.25, 0.3) is 0 Å². The summed E-state index contributed by atoms with van der Waals surface area (Å²) in [6.45, 7) is 4.42. The number of nitrogens with zero attached hydrogens (tertiary/aromatic N) is 1. The molecule has 0 rings (SSSR count). The first kappa shape index (κ1) is 51.8. The Morgan fingerprint density at radius 2 is 0.962 bits per heavy atom. The van der Waals surface area contributed by atoms with Crippen LogP contribution in [0, 0.1) is 0 Å². The van der Waals surface area contributed by atoms with E-state index >= 15 is 0 Å². The van der Waals surface area contributed by atoms with Crippen LogP contribution in [0.4, 0.5) is 0 Å². The number of carbonyl (C=O) groups excluding carboxylic acids is 2. The Morgan fingerprint density at radius 1 is 0.566 bits per heavy atom. The van der Waals surface area contributed by atoms with Crippen molar-refractivity contribution in [3.05, 3.63) is 12.2 Å². The average molecular weight is 775 g/mol. The van der Waals surface area contributed by atoms with Gasteiger partial charge in [-0.1, -0.05) is 161 Å². The SMILES string of the molecule is CCCCCCCC/C=C/CCCCCC(=O)O[C@H](COC(=O)CCCCCCCCCCCCCCCCCC)COP(=O)(O)OCC[N+](C)(C)C. The molecule has 53 heavy (non-hydrogen) atoms. The van der Waals surface area contributed by atoms with Gasteiger partial charge in [-0.15, -0.1) is 0 Å². The summed E-state index contributed by atoms with van der Waals surface area (Å²) in [7, 11) is 1.48. The predicted octanol–water partition coefficient (Wildman–Crippen LogP) is 12.2. The predicted molar refractivity (Wildman–Crippen MR) is 220 cm³/mol. The van der Waals surface area contributed by atoms with Crippen molar-refractivity contribution in [2.24, 2.45) is 0 Å². The van der Waals surface area contributed by atoms with E-state index in [1.54, 1.807) is 0 Å². The van der Waals surface area contributed by atoms with Crippen molar-refractivity contribution in [1.82, 2.24) is 0 Å². The molecule has 0 aromatic heterocycles. The summed E-state index contributed by atoms with van der Waals surface area (Å²) in [5.74, 6) is -0.808. The fraction of sp³-hybridized carbons (Fsp3) is 0.907. The van der Waals surface area contributed by atoms with Gasteiger partial charge in [0.25, 0.3) is 0 Å². The summed E-state index contributed by atoms with van der Waals surface area (Å²) >= 11 is 0. The summed E-state index contributed by atoms with van der Waals surface area (Å²) in [5.41, 5.74) is 0. The van der Waals surface area contributed by atoms with Crippen LogP contribution in [0.2, 0.25) is 0 Å². The molecule has 1 N–H and O–H groups in total. The lowest BCUT2D eigenvalue weighted by atomic mass is 10.0. The highest BCUT2D eigenvalue weighted by Crippen LogP contribution is 2.43. The van der Waals surface area contributed by atoms with Crippen LogP contribution < -0.4 is 0 Å². The van der Waals surface area contributed by atoms with Crippen molar-refractivity contribution in [3.63, 3.8) is 0 Å². The maximum absolute atomic E-state index is 12.6. The fourth-order valence-corrected chi connectivity index (χ4v) is 6.81. The summed E-state index contributed by atoms with van der Waals surface area (Å²) in [6.07, 6.45) is 36.8. The Balaban J connectivity index is 4.34. The molecule has 9 nitrogen and oxygen atoms in total. The number of allylic oxidation sites excluding steroid dienone is 2. The number of likely N-dealkylation sites (N-methyl/N-ethyl adjacent to an activating group) is 1. The lowest BCUT2D eigenvalue weighted by molar-refractivity contribution is -0.870. The summed E-state index contributed by atoms with van der Waals surface area (Å²) < 4.78 is 34.3. The molecule has 0 aliphatic heterocycles. The van der Waals surface area contributed by atoms with Gasteiger partial charge in [0.2, 0.25) is 0 Å². The second-order valence-corrected chi connectivity index (χ2v) is 17.5. The largest absolute Gasteiger partial charge is 0.472 e. The number of phosphoric acid groups is 1. The van der Waals surface area contributed by atoms with Gasteiger partial charge in [-0.05, 0) is 38.5 Å². The molecule has 0 bridgehead atoms. The molecule has 0 aromatic rings. The third-order valence-electron chi connectivity index (χ3n) is 9.55. The zero-order valence-electron chi connectivity index (χ0n) is 35.3. The van der Waals surface area contributed by atoms with E-state index in [-0.39, 0.29) is 25.6 Å². The lowest BCUT2D eigenvalue weighted by Crippen LogP contribution is -2.37. The molecule has 0 fully saturated rings. The number of carbonyl (C=O) groups is 2. The molecule has 0 heterocycles. The first-order chi connectivity index (χ1) is 25.5. The highest BCUT2D eigenvalue weighted by molar-refractivity contribution is 7.47. The van der Waals surface area contributed by atoms with Crippen LogP contribution in [0.1, 0.15) is 200 Å². The molecule has 0 saturated heterocycles. The third-order valence-corrected chi connectivity index (χ3v) is 10.5. The summed E-state index contributed by atoms with van der Waals surface area (Å²) in [4.78, 5) is 35.3. The van der Waals surface area contributed by atoms with Crippen molar-refractivity contribution in [2.45, 2.75) is 206 Å². The van der Waals surface area contributed by atoms with Gasteiger partial charge >= 0.3 is 19.8 Å². The first-order valence-electron chi connectivity index (χ1n) is 21.9. The van der Waals surface area contributed by atoms with Gasteiger partial charge in [-0.25, -0.2) is 4.57 Å². The highest BCUT2D eigenvalue weighted by Gasteiger charge is 2.27. The van der Waals surface area contributed by atoms with E-state index in [9.17, 15) is 19.0 Å². The minimum atomic E-state index is -4.37. The number of rotatable bonds is 40. The summed E-state index contributed by atoms with van der Waals surface area (Å²) in [5, 5.41) is 0. The van der Waals surface area contributed by atoms with Crippen LogP contribution in [0.3, 0.4) is 0 Å². The van der Waals surface area contributed by atoms with Crippen molar-refractivity contribution in [2.75, 3.05) is 47.5 Å². The van der Waals surface area contributed by atoms with E-state index in [1.165, 1.54) is 122 Å². The molecule has 314 valence electrons. The second-order valence-electron chi connectivity index (χ2n) is 16.1. The Hall–Kier alpha value is -1.25. The molecule has 0 aliphatic rings. The van der Waals surface area contributed by atoms with E-state index in [2.05, 4.69) is 26.0 Å². The van der Waals surface area contributed by atoms with Crippen LogP contribution in [0.15, 0.2) is 12.2 Å². The van der Waals surface area contributed by atoms with E-state index in [1.807, 2.05) is 21.1 Å². The monoisotopic (exact) mass is 775 g/mol. The van der Waals surface area contributed by atoms with Crippen LogP contribution in [-0.4, -0.2) is 74.9 Å². The van der Waals surface area contributed by atoms with Gasteiger partial charge in [-0.2, -0.15) is 0 Å². The lowest BCUT2D eigenvalue weighted by Gasteiger charge is -2.24. The van der Waals surface area contributed by atoms with E-state index in [4.69, 9.17) is 18.5 Å². The second kappa shape index (κ2) is 36.4. The smallest absolute Gasteiger partial charge is 0.462 e. The Morgan fingerprint density at radius 3 is 1.42 bits per heavy atom. The number of quaternary nitrogens is 1. The van der Waals surface area contributed by atoms with Gasteiger partial charge in [0.05, 0.1) is 27.7 Å². The van der Waals surface area contributed by atoms with Crippen molar-refractivity contribution < 1.29 is 42.1 Å². The topological polar surface area (TPSA) is 108 Å². The van der Waals surface area contributed by atoms with E-state index in [0.717, 1.165) is 44.9 Å². The summed E-state index contributed by atoms with van der Waals surface area (Å²) in [6, 6.07) is 0. The normalized spacial score (nSPS) is 13.7. The zero-order valence-corrected chi connectivity index (χ0v) is 36.2. The number of ether oxygens (including phenoxy) is 2. The quantitative estimate of drug-likeness (QED) is 0.0215.